The number of hydrogen-bond donors (Lipinski definition) is 0. The molecule has 1 aromatic heterocycles. The summed E-state index contributed by atoms with van der Waals surface area (Å²) >= 11 is 0. The lowest BCUT2D eigenvalue weighted by Crippen LogP contribution is -2.04. The van der Waals surface area contributed by atoms with E-state index in [1.54, 1.807) is 6.33 Å². The zero-order chi connectivity index (χ0) is 9.68. The molecule has 0 unspecified atom stereocenters. The summed E-state index contributed by atoms with van der Waals surface area (Å²) < 4.78 is 6.51. The van der Waals surface area contributed by atoms with Crippen LogP contribution in [-0.2, 0) is 22.5 Å². The Morgan fingerprint density at radius 3 is 3.08 bits per heavy atom. The molecule has 72 valence electrons. The number of aromatic nitrogens is 2. The maximum Gasteiger partial charge on any atom is 0.311 e. The summed E-state index contributed by atoms with van der Waals surface area (Å²) in [6.07, 6.45) is 4.93. The van der Waals surface area contributed by atoms with Crippen LogP contribution in [0.3, 0.4) is 0 Å². The Balaban J connectivity index is 2.53. The van der Waals surface area contributed by atoms with Crippen LogP contribution >= 0.6 is 0 Å². The van der Waals surface area contributed by atoms with Crippen LogP contribution in [0.1, 0.15) is 19.0 Å². The van der Waals surface area contributed by atoms with E-state index in [1.165, 1.54) is 7.11 Å². The predicted octanol–water partition coefficient (Wildman–Crippen LogP) is 1.01. The van der Waals surface area contributed by atoms with E-state index >= 15 is 0 Å². The third kappa shape index (κ3) is 2.89. The molecule has 0 atom stereocenters. The minimum atomic E-state index is -0.248. The molecular formula is C9H14N2O2. The highest BCUT2D eigenvalue weighted by molar-refractivity contribution is 5.71. The highest BCUT2D eigenvalue weighted by atomic mass is 16.5. The average molecular weight is 182 g/mol. The smallest absolute Gasteiger partial charge is 0.311 e. The van der Waals surface area contributed by atoms with Crippen LogP contribution in [0.2, 0.25) is 0 Å². The largest absolute Gasteiger partial charge is 0.469 e. The van der Waals surface area contributed by atoms with Crippen molar-refractivity contribution in [1.29, 1.82) is 0 Å². The molecule has 13 heavy (non-hydrogen) atoms. The highest BCUT2D eigenvalue weighted by Crippen LogP contribution is 1.99. The molecule has 0 bridgehead atoms. The Kier molecular flexibility index (Phi) is 3.49. The summed E-state index contributed by atoms with van der Waals surface area (Å²) in [4.78, 5) is 15.0. The third-order valence-electron chi connectivity index (χ3n) is 1.72. The van der Waals surface area contributed by atoms with Crippen molar-refractivity contribution in [3.05, 3.63) is 18.2 Å². The molecule has 1 heterocycles. The fourth-order valence-corrected chi connectivity index (χ4v) is 1.10. The first-order valence-electron chi connectivity index (χ1n) is 4.33. The molecule has 0 aliphatic rings. The molecule has 1 rings (SSSR count). The van der Waals surface area contributed by atoms with E-state index in [-0.39, 0.29) is 12.4 Å². The molecule has 4 nitrogen and oxygen atoms in total. The van der Waals surface area contributed by atoms with Gasteiger partial charge in [0.2, 0.25) is 0 Å². The van der Waals surface area contributed by atoms with Crippen molar-refractivity contribution >= 4 is 5.97 Å². The first-order chi connectivity index (χ1) is 6.26. The lowest BCUT2D eigenvalue weighted by Gasteiger charge is -1.96. The van der Waals surface area contributed by atoms with E-state index in [1.807, 2.05) is 10.8 Å². The number of aryl methyl sites for hydroxylation is 1. The van der Waals surface area contributed by atoms with Gasteiger partial charge in [-0.15, -0.1) is 0 Å². The number of imidazole rings is 1. The number of ether oxygens (including phenoxy) is 1. The van der Waals surface area contributed by atoms with Crippen LogP contribution < -0.4 is 0 Å². The Labute approximate surface area is 77.5 Å². The van der Waals surface area contributed by atoms with Crippen molar-refractivity contribution in [2.75, 3.05) is 7.11 Å². The van der Waals surface area contributed by atoms with Crippen LogP contribution in [0, 0.1) is 0 Å². The van der Waals surface area contributed by atoms with Gasteiger partial charge >= 0.3 is 5.97 Å². The molecule has 0 spiro atoms. The molecule has 4 heteroatoms. The fourth-order valence-electron chi connectivity index (χ4n) is 1.10. The second kappa shape index (κ2) is 4.64. The van der Waals surface area contributed by atoms with Gasteiger partial charge in [0.15, 0.2) is 0 Å². The Morgan fingerprint density at radius 1 is 1.69 bits per heavy atom. The first-order valence-corrected chi connectivity index (χ1v) is 4.33. The molecule has 0 fully saturated rings. The highest BCUT2D eigenvalue weighted by Gasteiger charge is 2.04. The zero-order valence-corrected chi connectivity index (χ0v) is 7.99. The summed E-state index contributed by atoms with van der Waals surface area (Å²) in [6, 6.07) is 0. The van der Waals surface area contributed by atoms with Crippen molar-refractivity contribution in [3.8, 4) is 0 Å². The van der Waals surface area contributed by atoms with E-state index in [0.717, 1.165) is 18.7 Å². The van der Waals surface area contributed by atoms with Gasteiger partial charge in [0.05, 0.1) is 25.6 Å². The van der Waals surface area contributed by atoms with Gasteiger partial charge in [0.25, 0.3) is 0 Å². The summed E-state index contributed by atoms with van der Waals surface area (Å²) in [5.74, 6) is -0.248. The number of carbonyl (C=O) groups excluding carboxylic acids is 1. The first kappa shape index (κ1) is 9.77. The average Bonchev–Trinajstić information content (AvgIpc) is 2.53. The molecule has 0 aliphatic carbocycles. The van der Waals surface area contributed by atoms with Crippen molar-refractivity contribution < 1.29 is 9.53 Å². The number of esters is 1. The number of carbonyl (C=O) groups is 1. The lowest BCUT2D eigenvalue weighted by molar-refractivity contribution is -0.139. The van der Waals surface area contributed by atoms with E-state index in [9.17, 15) is 4.79 Å². The Hall–Kier alpha value is -1.32. The van der Waals surface area contributed by atoms with Crippen LogP contribution in [0.25, 0.3) is 0 Å². The van der Waals surface area contributed by atoms with E-state index < -0.39 is 0 Å². The third-order valence-corrected chi connectivity index (χ3v) is 1.72. The van der Waals surface area contributed by atoms with Crippen molar-refractivity contribution in [2.45, 2.75) is 26.3 Å². The number of methoxy groups -OCH3 is 1. The quantitative estimate of drug-likeness (QED) is 0.653. The van der Waals surface area contributed by atoms with Gasteiger partial charge in [-0.25, -0.2) is 4.98 Å². The molecule has 0 amide bonds. The minimum absolute atomic E-state index is 0.248. The number of hydrogen-bond acceptors (Lipinski definition) is 3. The SMILES string of the molecule is CCCn1cnc(CC(=O)OC)c1. The van der Waals surface area contributed by atoms with Gasteiger partial charge in [-0.3, -0.25) is 4.79 Å². The maximum absolute atomic E-state index is 10.9. The number of rotatable bonds is 4. The van der Waals surface area contributed by atoms with Crippen LogP contribution in [0.15, 0.2) is 12.5 Å². The van der Waals surface area contributed by atoms with Crippen molar-refractivity contribution in [1.82, 2.24) is 9.55 Å². The van der Waals surface area contributed by atoms with Gasteiger partial charge < -0.3 is 9.30 Å². The summed E-state index contributed by atoms with van der Waals surface area (Å²) in [7, 11) is 1.38. The monoisotopic (exact) mass is 182 g/mol. The molecule has 0 N–H and O–H groups in total. The van der Waals surface area contributed by atoms with E-state index in [4.69, 9.17) is 0 Å². The Bertz CT molecular complexity index is 281. The maximum atomic E-state index is 10.9. The predicted molar refractivity (Wildman–Crippen MR) is 48.2 cm³/mol. The molecule has 0 saturated carbocycles. The van der Waals surface area contributed by atoms with Gasteiger partial charge in [-0.2, -0.15) is 0 Å². The molecule has 0 radical (unpaired) electrons. The molecule has 0 aliphatic heterocycles. The van der Waals surface area contributed by atoms with Gasteiger partial charge in [0, 0.05) is 12.7 Å². The summed E-state index contributed by atoms with van der Waals surface area (Å²) in [5, 5.41) is 0. The van der Waals surface area contributed by atoms with Gasteiger partial charge in [-0.1, -0.05) is 6.92 Å². The van der Waals surface area contributed by atoms with E-state index in [2.05, 4.69) is 16.6 Å². The standard InChI is InChI=1S/C9H14N2O2/c1-3-4-11-6-8(10-7-11)5-9(12)13-2/h6-7H,3-5H2,1-2H3. The van der Waals surface area contributed by atoms with Crippen molar-refractivity contribution in [3.63, 3.8) is 0 Å². The molecule has 0 saturated heterocycles. The topological polar surface area (TPSA) is 44.1 Å². The Morgan fingerprint density at radius 2 is 2.46 bits per heavy atom. The van der Waals surface area contributed by atoms with Gasteiger partial charge in [0.1, 0.15) is 0 Å². The second-order valence-corrected chi connectivity index (χ2v) is 2.86. The zero-order valence-electron chi connectivity index (χ0n) is 7.99. The van der Waals surface area contributed by atoms with Crippen LogP contribution in [0.5, 0.6) is 0 Å². The van der Waals surface area contributed by atoms with Crippen molar-refractivity contribution in [2.24, 2.45) is 0 Å². The summed E-state index contributed by atoms with van der Waals surface area (Å²) in [5.41, 5.74) is 0.764. The summed E-state index contributed by atoms with van der Waals surface area (Å²) in [6.45, 7) is 3.04. The lowest BCUT2D eigenvalue weighted by atomic mass is 10.3. The minimum Gasteiger partial charge on any atom is -0.469 e. The second-order valence-electron chi connectivity index (χ2n) is 2.86. The molecular weight excluding hydrogens is 168 g/mol. The molecule has 1 aromatic rings. The van der Waals surface area contributed by atoms with Crippen LogP contribution in [-0.4, -0.2) is 22.6 Å². The fraction of sp³-hybridized carbons (Fsp3) is 0.556. The molecule has 0 aromatic carbocycles. The van der Waals surface area contributed by atoms with Crippen LogP contribution in [0.4, 0.5) is 0 Å². The number of nitrogens with zero attached hydrogens (tertiary/aromatic N) is 2. The van der Waals surface area contributed by atoms with Gasteiger partial charge in [-0.05, 0) is 6.42 Å². The van der Waals surface area contributed by atoms with E-state index in [0.29, 0.717) is 0 Å². The normalized spacial score (nSPS) is 10.0.